The molecule has 30 heavy (non-hydrogen) atoms. The number of hydrogen-bond acceptors (Lipinski definition) is 5. The maximum absolute atomic E-state index is 13.1. The predicted octanol–water partition coefficient (Wildman–Crippen LogP) is 2.28. The van der Waals surface area contributed by atoms with Gasteiger partial charge in [-0.25, -0.2) is 4.98 Å². The third-order valence-corrected chi connectivity index (χ3v) is 5.87. The molecule has 0 bridgehead atoms. The van der Waals surface area contributed by atoms with Crippen LogP contribution in [0.25, 0.3) is 0 Å². The quantitative estimate of drug-likeness (QED) is 0.392. The standard InChI is InChI=1S/C22H30N6O2/c1-4-10-25-16-13-27-21-22(3,5-2)11-17(28(21)20(16)30)19(29)26-12-14-6-8-15(9-7-14)18(23)24/h6-9,13,17,25H,4-5,10-12H2,1-3H3,(H3,23,24)(H,26,29)/t17-,22+/m0/s1. The number of carbonyl (C=O) groups is 1. The van der Waals surface area contributed by atoms with Crippen molar-refractivity contribution in [1.82, 2.24) is 14.9 Å². The Morgan fingerprint density at radius 2 is 2.03 bits per heavy atom. The molecule has 1 aliphatic heterocycles. The third kappa shape index (κ3) is 4.08. The molecule has 3 rings (SSSR count). The van der Waals surface area contributed by atoms with Gasteiger partial charge >= 0.3 is 0 Å². The molecule has 0 radical (unpaired) electrons. The molecule has 1 aromatic heterocycles. The lowest BCUT2D eigenvalue weighted by molar-refractivity contribution is -0.124. The van der Waals surface area contributed by atoms with Crippen LogP contribution in [0.4, 0.5) is 5.69 Å². The summed E-state index contributed by atoms with van der Waals surface area (Å²) in [5.74, 6) is 0.481. The summed E-state index contributed by atoms with van der Waals surface area (Å²) in [7, 11) is 0. The topological polar surface area (TPSA) is 126 Å². The van der Waals surface area contributed by atoms with Crippen LogP contribution in [0.2, 0.25) is 0 Å². The highest BCUT2D eigenvalue weighted by Crippen LogP contribution is 2.41. The number of aromatic nitrogens is 2. The van der Waals surface area contributed by atoms with Crippen LogP contribution in [0, 0.1) is 5.41 Å². The number of benzene rings is 1. The number of nitrogens with one attached hydrogen (secondary N) is 3. The van der Waals surface area contributed by atoms with Gasteiger partial charge in [0.25, 0.3) is 5.56 Å². The molecule has 0 aliphatic carbocycles. The minimum absolute atomic E-state index is 0.00589. The van der Waals surface area contributed by atoms with E-state index in [1.807, 2.05) is 19.1 Å². The van der Waals surface area contributed by atoms with Gasteiger partial charge in [0, 0.05) is 24.1 Å². The molecule has 0 spiro atoms. The number of amidine groups is 1. The van der Waals surface area contributed by atoms with Gasteiger partial charge in [-0.1, -0.05) is 45.0 Å². The first-order chi connectivity index (χ1) is 14.3. The molecule has 2 atom stereocenters. The van der Waals surface area contributed by atoms with E-state index in [1.165, 1.54) is 0 Å². The monoisotopic (exact) mass is 410 g/mol. The Morgan fingerprint density at radius 3 is 2.63 bits per heavy atom. The van der Waals surface area contributed by atoms with Gasteiger partial charge in [0.1, 0.15) is 23.4 Å². The van der Waals surface area contributed by atoms with E-state index in [2.05, 4.69) is 29.5 Å². The predicted molar refractivity (Wildman–Crippen MR) is 118 cm³/mol. The summed E-state index contributed by atoms with van der Waals surface area (Å²) in [6.07, 6.45) is 3.81. The Balaban J connectivity index is 1.83. The Bertz CT molecular complexity index is 998. The lowest BCUT2D eigenvalue weighted by Gasteiger charge is -2.20. The molecule has 160 valence electrons. The molecule has 8 heteroatoms. The van der Waals surface area contributed by atoms with E-state index in [0.717, 1.165) is 18.4 Å². The Hall–Kier alpha value is -3.16. The highest BCUT2D eigenvalue weighted by Gasteiger charge is 2.44. The number of fused-ring (bicyclic) bond motifs is 1. The molecular weight excluding hydrogens is 380 g/mol. The smallest absolute Gasteiger partial charge is 0.277 e. The summed E-state index contributed by atoms with van der Waals surface area (Å²) in [5.41, 5.74) is 6.92. The second-order valence-electron chi connectivity index (χ2n) is 8.06. The summed E-state index contributed by atoms with van der Waals surface area (Å²) in [4.78, 5) is 30.7. The van der Waals surface area contributed by atoms with E-state index in [9.17, 15) is 9.59 Å². The number of hydrogen-bond donors (Lipinski definition) is 4. The largest absolute Gasteiger partial charge is 0.384 e. The van der Waals surface area contributed by atoms with E-state index in [-0.39, 0.29) is 22.7 Å². The summed E-state index contributed by atoms with van der Waals surface area (Å²) in [6.45, 7) is 7.14. The average molecular weight is 411 g/mol. The van der Waals surface area contributed by atoms with E-state index in [4.69, 9.17) is 11.1 Å². The highest BCUT2D eigenvalue weighted by atomic mass is 16.2. The number of nitrogens with two attached hydrogens (primary N) is 1. The molecular formula is C22H30N6O2. The zero-order valence-corrected chi connectivity index (χ0v) is 17.8. The fraction of sp³-hybridized carbons (Fsp3) is 0.455. The molecule has 2 heterocycles. The fourth-order valence-electron chi connectivity index (χ4n) is 3.82. The Labute approximate surface area is 176 Å². The number of amides is 1. The number of anilines is 1. The molecule has 0 fully saturated rings. The van der Waals surface area contributed by atoms with Crippen LogP contribution in [0.1, 0.15) is 63.0 Å². The molecule has 5 N–H and O–H groups in total. The van der Waals surface area contributed by atoms with E-state index in [1.54, 1.807) is 22.9 Å². The van der Waals surface area contributed by atoms with Crippen molar-refractivity contribution in [3.8, 4) is 0 Å². The van der Waals surface area contributed by atoms with Gasteiger partial charge in [0.05, 0.1) is 6.20 Å². The van der Waals surface area contributed by atoms with Crippen molar-refractivity contribution in [2.24, 2.45) is 5.73 Å². The fourth-order valence-corrected chi connectivity index (χ4v) is 3.82. The maximum Gasteiger partial charge on any atom is 0.277 e. The van der Waals surface area contributed by atoms with Crippen LogP contribution >= 0.6 is 0 Å². The van der Waals surface area contributed by atoms with Gasteiger partial charge in [0.2, 0.25) is 5.91 Å². The van der Waals surface area contributed by atoms with Crippen LogP contribution in [0.3, 0.4) is 0 Å². The number of carbonyl (C=O) groups excluding carboxylic acids is 1. The lowest BCUT2D eigenvalue weighted by Crippen LogP contribution is -2.36. The molecule has 8 nitrogen and oxygen atoms in total. The zero-order valence-electron chi connectivity index (χ0n) is 17.8. The van der Waals surface area contributed by atoms with Crippen molar-refractivity contribution in [2.45, 2.75) is 58.0 Å². The van der Waals surface area contributed by atoms with Crippen LogP contribution in [-0.4, -0.2) is 27.8 Å². The highest BCUT2D eigenvalue weighted by molar-refractivity contribution is 5.94. The molecule has 2 aromatic rings. The van der Waals surface area contributed by atoms with Gasteiger partial charge in [-0.05, 0) is 24.8 Å². The second kappa shape index (κ2) is 8.69. The van der Waals surface area contributed by atoms with E-state index >= 15 is 0 Å². The van der Waals surface area contributed by atoms with Gasteiger partial charge in [-0.2, -0.15) is 0 Å². The molecule has 0 saturated carbocycles. The van der Waals surface area contributed by atoms with Gasteiger partial charge in [0.15, 0.2) is 0 Å². The SMILES string of the molecule is CCCNc1cnc2n(c1=O)[C@H](C(=O)NCc1ccc(C(=N)N)cc1)C[C@@]2(C)CC. The summed E-state index contributed by atoms with van der Waals surface area (Å²) < 4.78 is 1.57. The Kier molecular flexibility index (Phi) is 6.24. The first-order valence-electron chi connectivity index (χ1n) is 10.4. The summed E-state index contributed by atoms with van der Waals surface area (Å²) >= 11 is 0. The van der Waals surface area contributed by atoms with Crippen LogP contribution < -0.4 is 21.9 Å². The second-order valence-corrected chi connectivity index (χ2v) is 8.06. The van der Waals surface area contributed by atoms with Crippen molar-refractivity contribution < 1.29 is 4.79 Å². The van der Waals surface area contributed by atoms with E-state index < -0.39 is 6.04 Å². The molecule has 1 aliphatic rings. The minimum atomic E-state index is -0.593. The first kappa shape index (κ1) is 21.5. The van der Waals surface area contributed by atoms with Gasteiger partial charge in [-0.15, -0.1) is 0 Å². The number of nitrogens with zero attached hydrogens (tertiary/aromatic N) is 2. The van der Waals surface area contributed by atoms with Crippen molar-refractivity contribution >= 4 is 17.4 Å². The summed E-state index contributed by atoms with van der Waals surface area (Å²) in [6, 6.07) is 6.57. The number of nitrogen functional groups attached to an aromatic ring is 1. The molecule has 1 aromatic carbocycles. The van der Waals surface area contributed by atoms with Crippen molar-refractivity contribution in [2.75, 3.05) is 11.9 Å². The summed E-state index contributed by atoms with van der Waals surface area (Å²) in [5, 5.41) is 13.5. The zero-order chi connectivity index (χ0) is 21.9. The van der Waals surface area contributed by atoms with Gasteiger partial charge < -0.3 is 16.4 Å². The normalized spacial score (nSPS) is 19.9. The lowest BCUT2D eigenvalue weighted by atomic mass is 9.83. The molecule has 0 unspecified atom stereocenters. The van der Waals surface area contributed by atoms with Crippen molar-refractivity contribution in [3.63, 3.8) is 0 Å². The number of rotatable bonds is 8. The first-order valence-corrected chi connectivity index (χ1v) is 10.4. The van der Waals surface area contributed by atoms with Gasteiger partial charge in [-0.3, -0.25) is 19.6 Å². The van der Waals surface area contributed by atoms with Crippen molar-refractivity contribution in [3.05, 3.63) is 57.8 Å². The van der Waals surface area contributed by atoms with Crippen LogP contribution in [-0.2, 0) is 16.8 Å². The molecule has 0 saturated heterocycles. The minimum Gasteiger partial charge on any atom is -0.384 e. The third-order valence-electron chi connectivity index (χ3n) is 5.87. The van der Waals surface area contributed by atoms with Crippen LogP contribution in [0.5, 0.6) is 0 Å². The van der Waals surface area contributed by atoms with E-state index in [0.29, 0.717) is 36.6 Å². The van der Waals surface area contributed by atoms with Crippen molar-refractivity contribution in [1.29, 1.82) is 5.41 Å². The average Bonchev–Trinajstić information content (AvgIpc) is 3.06. The maximum atomic E-state index is 13.1. The Morgan fingerprint density at radius 1 is 1.33 bits per heavy atom. The molecule has 1 amide bonds. The van der Waals surface area contributed by atoms with Crippen LogP contribution in [0.15, 0.2) is 35.3 Å².